The van der Waals surface area contributed by atoms with E-state index in [0.29, 0.717) is 21.9 Å². The lowest BCUT2D eigenvalue weighted by Gasteiger charge is -2.11. The maximum absolute atomic E-state index is 12.7. The van der Waals surface area contributed by atoms with Crippen LogP contribution in [0, 0.1) is 6.92 Å². The second-order valence-corrected chi connectivity index (χ2v) is 6.06. The van der Waals surface area contributed by atoms with Crippen molar-refractivity contribution in [2.45, 2.75) is 13.5 Å². The topological polar surface area (TPSA) is 95.0 Å². The maximum atomic E-state index is 12.7. The molecular weight excluding hydrogens is 342 g/mol. The van der Waals surface area contributed by atoms with Gasteiger partial charge in [-0.15, -0.1) is 0 Å². The molecule has 1 amide bonds. The number of rotatable bonds is 4. The zero-order valence-corrected chi connectivity index (χ0v) is 14.1. The molecule has 0 unspecified atom stereocenters. The molecule has 0 spiro atoms. The van der Waals surface area contributed by atoms with Crippen molar-refractivity contribution in [2.75, 3.05) is 0 Å². The molecule has 0 radical (unpaired) electrons. The number of hydrogen-bond acceptors (Lipinski definition) is 4. The van der Waals surface area contributed by atoms with Crippen molar-refractivity contribution in [3.8, 4) is 0 Å². The highest BCUT2D eigenvalue weighted by atomic mass is 35.5. The van der Waals surface area contributed by atoms with Crippen LogP contribution in [0.3, 0.4) is 0 Å². The molecule has 0 bridgehead atoms. The van der Waals surface area contributed by atoms with Crippen LogP contribution in [0.5, 0.6) is 0 Å². The molecule has 6 nitrogen and oxygen atoms in total. The van der Waals surface area contributed by atoms with Gasteiger partial charge < -0.3 is 10.3 Å². The highest BCUT2D eigenvalue weighted by molar-refractivity contribution is 6.30. The summed E-state index contributed by atoms with van der Waals surface area (Å²) >= 11 is 5.83. The maximum Gasteiger partial charge on any atom is 0.237 e. The summed E-state index contributed by atoms with van der Waals surface area (Å²) in [6.45, 7) is 1.58. The quantitative estimate of drug-likeness (QED) is 0.725. The van der Waals surface area contributed by atoms with Crippen LogP contribution < -0.4 is 11.2 Å². The number of nitrogens with two attached hydrogens (primary N) is 1. The van der Waals surface area contributed by atoms with E-state index in [-0.39, 0.29) is 17.5 Å². The Labute approximate surface area is 147 Å². The summed E-state index contributed by atoms with van der Waals surface area (Å²) in [6.07, 6.45) is 1.33. The highest BCUT2D eigenvalue weighted by Crippen LogP contribution is 2.15. The van der Waals surface area contributed by atoms with Gasteiger partial charge in [0.1, 0.15) is 12.2 Å². The summed E-state index contributed by atoms with van der Waals surface area (Å²) in [5.41, 5.74) is 6.11. The molecular formula is C18H14ClN3O3. The summed E-state index contributed by atoms with van der Waals surface area (Å²) in [6, 6.07) is 9.50. The van der Waals surface area contributed by atoms with E-state index in [1.165, 1.54) is 10.8 Å². The number of benzene rings is 1. The van der Waals surface area contributed by atoms with Gasteiger partial charge in [0, 0.05) is 22.5 Å². The zero-order chi connectivity index (χ0) is 18.1. The van der Waals surface area contributed by atoms with Gasteiger partial charge in [-0.2, -0.15) is 0 Å². The van der Waals surface area contributed by atoms with Gasteiger partial charge in [0.25, 0.3) is 0 Å². The second kappa shape index (κ2) is 6.49. The number of primary amides is 1. The fraction of sp³-hybridized carbons (Fsp3) is 0.111. The van der Waals surface area contributed by atoms with Crippen LogP contribution in [-0.2, 0) is 11.3 Å². The first kappa shape index (κ1) is 16.9. The first-order valence-corrected chi connectivity index (χ1v) is 7.84. The van der Waals surface area contributed by atoms with Crippen LogP contribution >= 0.6 is 11.6 Å². The Kier molecular flexibility index (Phi) is 4.37. The van der Waals surface area contributed by atoms with E-state index < -0.39 is 17.1 Å². The molecule has 2 heterocycles. The lowest BCUT2D eigenvalue weighted by Crippen LogP contribution is -2.25. The molecule has 7 heteroatoms. The molecule has 2 aromatic heterocycles. The van der Waals surface area contributed by atoms with Gasteiger partial charge in [0.15, 0.2) is 5.78 Å². The third kappa shape index (κ3) is 3.29. The van der Waals surface area contributed by atoms with Crippen LogP contribution in [0.25, 0.3) is 11.0 Å². The van der Waals surface area contributed by atoms with Gasteiger partial charge in [0.2, 0.25) is 11.3 Å². The van der Waals surface area contributed by atoms with Crippen LogP contribution in [0.2, 0.25) is 5.02 Å². The van der Waals surface area contributed by atoms with Crippen molar-refractivity contribution in [1.29, 1.82) is 0 Å². The van der Waals surface area contributed by atoms with Crippen LogP contribution in [0.1, 0.15) is 21.6 Å². The van der Waals surface area contributed by atoms with E-state index in [1.54, 1.807) is 43.3 Å². The van der Waals surface area contributed by atoms with E-state index in [0.717, 1.165) is 0 Å². The molecule has 3 rings (SSSR count). The molecule has 2 N–H and O–H groups in total. The Morgan fingerprint density at radius 1 is 1.16 bits per heavy atom. The zero-order valence-electron chi connectivity index (χ0n) is 13.3. The van der Waals surface area contributed by atoms with Crippen molar-refractivity contribution < 1.29 is 9.59 Å². The van der Waals surface area contributed by atoms with Crippen molar-refractivity contribution in [1.82, 2.24) is 9.55 Å². The normalized spacial score (nSPS) is 10.8. The van der Waals surface area contributed by atoms with Gasteiger partial charge in [-0.1, -0.05) is 11.6 Å². The molecule has 0 aliphatic heterocycles. The van der Waals surface area contributed by atoms with Crippen LogP contribution in [-0.4, -0.2) is 21.2 Å². The number of hydrogen-bond donors (Lipinski definition) is 1. The smallest absolute Gasteiger partial charge is 0.237 e. The van der Waals surface area contributed by atoms with Crippen molar-refractivity contribution in [3.63, 3.8) is 0 Å². The Bertz CT molecular complexity index is 1060. The van der Waals surface area contributed by atoms with E-state index >= 15 is 0 Å². The standard InChI is InChI=1S/C18H14ClN3O3/c1-10-2-7-13-17(25)14(8-22(9-15(20)23)18(13)21-10)16(24)11-3-5-12(19)6-4-11/h2-8H,9H2,1H3,(H2,20,23). The second-order valence-electron chi connectivity index (χ2n) is 5.63. The van der Waals surface area contributed by atoms with Crippen LogP contribution in [0.15, 0.2) is 47.4 Å². The van der Waals surface area contributed by atoms with Crippen molar-refractivity contribution in [3.05, 3.63) is 74.7 Å². The average molecular weight is 356 g/mol. The average Bonchev–Trinajstić information content (AvgIpc) is 2.57. The Balaban J connectivity index is 2.24. The van der Waals surface area contributed by atoms with E-state index in [9.17, 15) is 14.4 Å². The third-order valence-corrected chi connectivity index (χ3v) is 3.99. The third-order valence-electron chi connectivity index (χ3n) is 3.74. The largest absolute Gasteiger partial charge is 0.368 e. The Morgan fingerprint density at radius 3 is 2.48 bits per heavy atom. The minimum absolute atomic E-state index is 0.0540. The molecule has 0 atom stereocenters. The molecule has 0 fully saturated rings. The number of halogens is 1. The van der Waals surface area contributed by atoms with Gasteiger partial charge in [0.05, 0.1) is 10.9 Å². The first-order chi connectivity index (χ1) is 11.9. The van der Waals surface area contributed by atoms with Gasteiger partial charge >= 0.3 is 0 Å². The van der Waals surface area contributed by atoms with Gasteiger partial charge in [-0.05, 0) is 43.3 Å². The van der Waals surface area contributed by atoms with Gasteiger partial charge in [-0.3, -0.25) is 14.4 Å². The summed E-state index contributed by atoms with van der Waals surface area (Å²) < 4.78 is 1.43. The highest BCUT2D eigenvalue weighted by Gasteiger charge is 2.18. The fourth-order valence-electron chi connectivity index (χ4n) is 2.57. The monoisotopic (exact) mass is 355 g/mol. The number of fused-ring (bicyclic) bond motifs is 1. The summed E-state index contributed by atoms with van der Waals surface area (Å²) in [7, 11) is 0. The Morgan fingerprint density at radius 2 is 1.84 bits per heavy atom. The molecule has 0 aliphatic rings. The first-order valence-electron chi connectivity index (χ1n) is 7.46. The number of carbonyl (C=O) groups excluding carboxylic acids is 2. The minimum atomic E-state index is -0.599. The van der Waals surface area contributed by atoms with Gasteiger partial charge in [-0.25, -0.2) is 4.98 Å². The number of carbonyl (C=O) groups is 2. The summed E-state index contributed by atoms with van der Waals surface area (Å²) in [5, 5.41) is 0.743. The lowest BCUT2D eigenvalue weighted by atomic mass is 10.0. The molecule has 3 aromatic rings. The van der Waals surface area contributed by atoms with E-state index in [2.05, 4.69) is 4.98 Å². The predicted octanol–water partition coefficient (Wildman–Crippen LogP) is 2.07. The number of aromatic nitrogens is 2. The number of pyridine rings is 2. The Hall–Kier alpha value is -2.99. The molecule has 0 aliphatic carbocycles. The summed E-state index contributed by atoms with van der Waals surface area (Å²) in [4.78, 5) is 41.1. The molecule has 0 saturated heterocycles. The SMILES string of the molecule is Cc1ccc2c(=O)c(C(=O)c3ccc(Cl)cc3)cn(CC(N)=O)c2n1. The number of ketones is 1. The lowest BCUT2D eigenvalue weighted by molar-refractivity contribution is -0.118. The molecule has 0 saturated carbocycles. The molecule has 1 aromatic carbocycles. The minimum Gasteiger partial charge on any atom is -0.368 e. The number of nitrogens with zero attached hydrogens (tertiary/aromatic N) is 2. The molecule has 25 heavy (non-hydrogen) atoms. The molecule has 126 valence electrons. The van der Waals surface area contributed by atoms with E-state index in [4.69, 9.17) is 17.3 Å². The number of aryl methyl sites for hydroxylation is 1. The predicted molar refractivity (Wildman–Crippen MR) is 94.8 cm³/mol. The van der Waals surface area contributed by atoms with Crippen molar-refractivity contribution >= 4 is 34.3 Å². The van der Waals surface area contributed by atoms with Crippen molar-refractivity contribution in [2.24, 2.45) is 5.73 Å². The summed E-state index contributed by atoms with van der Waals surface area (Å²) in [5.74, 6) is -1.06. The van der Waals surface area contributed by atoms with Crippen LogP contribution in [0.4, 0.5) is 0 Å². The van der Waals surface area contributed by atoms with E-state index in [1.807, 2.05) is 0 Å². The fourth-order valence-corrected chi connectivity index (χ4v) is 2.69. The number of amides is 1.